The number of hydrogen-bond acceptors (Lipinski definition) is 3. The Morgan fingerprint density at radius 1 is 0.944 bits per heavy atom. The largest absolute Gasteiger partial charge is 0.508 e. The van der Waals surface area contributed by atoms with Crippen LogP contribution < -0.4 is 5.56 Å². The van der Waals surface area contributed by atoms with Crippen molar-refractivity contribution in [1.29, 1.82) is 0 Å². The van der Waals surface area contributed by atoms with Crippen molar-refractivity contribution in [3.63, 3.8) is 0 Å². The summed E-state index contributed by atoms with van der Waals surface area (Å²) in [5.41, 5.74) is 3.36. The molecule has 4 aromatic rings. The summed E-state index contributed by atoms with van der Waals surface area (Å²) in [5.74, 6) is 0.846. The number of phenols is 1. The van der Waals surface area contributed by atoms with Gasteiger partial charge in [0, 0.05) is 24.0 Å². The summed E-state index contributed by atoms with van der Waals surface area (Å²) >= 11 is 12.6. The van der Waals surface area contributed by atoms with E-state index in [2.05, 4.69) is 11.0 Å². The predicted molar refractivity (Wildman–Crippen MR) is 149 cm³/mol. The summed E-state index contributed by atoms with van der Waals surface area (Å²) in [6, 6.07) is 23.3. The fraction of sp³-hybridized carbons (Fsp3) is 0.300. The van der Waals surface area contributed by atoms with Crippen LogP contribution in [0.15, 0.2) is 77.6 Å². The molecule has 1 fully saturated rings. The van der Waals surface area contributed by atoms with Crippen LogP contribution in [0.5, 0.6) is 5.75 Å². The van der Waals surface area contributed by atoms with Crippen molar-refractivity contribution in [1.82, 2.24) is 9.47 Å². The van der Waals surface area contributed by atoms with Crippen molar-refractivity contribution in [2.45, 2.75) is 31.1 Å². The third-order valence-electron chi connectivity index (χ3n) is 7.58. The van der Waals surface area contributed by atoms with E-state index in [-0.39, 0.29) is 11.5 Å². The van der Waals surface area contributed by atoms with Gasteiger partial charge in [-0.25, -0.2) is 0 Å². The molecule has 1 N–H and O–H groups in total. The molecular formula is C30H30Cl2N2O2. The topological polar surface area (TPSA) is 45.5 Å². The summed E-state index contributed by atoms with van der Waals surface area (Å²) < 4.78 is 1.78. The molecule has 0 saturated carbocycles. The molecule has 4 nitrogen and oxygen atoms in total. The molecule has 2 heterocycles. The fourth-order valence-electron chi connectivity index (χ4n) is 5.47. The molecule has 1 unspecified atom stereocenters. The predicted octanol–water partition coefficient (Wildman–Crippen LogP) is 6.95. The van der Waals surface area contributed by atoms with Gasteiger partial charge in [0.2, 0.25) is 0 Å². The van der Waals surface area contributed by atoms with Crippen molar-refractivity contribution in [2.24, 2.45) is 7.05 Å². The first-order valence-electron chi connectivity index (χ1n) is 12.5. The van der Waals surface area contributed by atoms with Gasteiger partial charge >= 0.3 is 0 Å². The number of halogens is 2. The van der Waals surface area contributed by atoms with E-state index >= 15 is 0 Å². The van der Waals surface area contributed by atoms with Crippen LogP contribution >= 0.6 is 23.2 Å². The van der Waals surface area contributed by atoms with Crippen LogP contribution in [0.1, 0.15) is 47.9 Å². The zero-order valence-corrected chi connectivity index (χ0v) is 21.8. The molecule has 1 aliphatic heterocycles. The molecule has 5 rings (SSSR count). The van der Waals surface area contributed by atoms with Gasteiger partial charge in [0.15, 0.2) is 0 Å². The van der Waals surface area contributed by atoms with Crippen molar-refractivity contribution >= 4 is 34.0 Å². The lowest BCUT2D eigenvalue weighted by atomic mass is 9.88. The number of pyridine rings is 1. The number of rotatable bonds is 6. The third-order valence-corrected chi connectivity index (χ3v) is 8.31. The number of benzene rings is 3. The van der Waals surface area contributed by atoms with Gasteiger partial charge in [-0.15, -0.1) is 0 Å². The number of fused-ring (bicyclic) bond motifs is 1. The fourth-order valence-corrected chi connectivity index (χ4v) is 5.78. The Hall–Kier alpha value is -2.79. The Bertz CT molecular complexity index is 1420. The molecule has 0 radical (unpaired) electrons. The van der Waals surface area contributed by atoms with Gasteiger partial charge in [-0.2, -0.15) is 0 Å². The minimum absolute atomic E-state index is 0.0110. The molecule has 0 bridgehead atoms. The second kappa shape index (κ2) is 10.7. The number of piperidine rings is 1. The number of likely N-dealkylation sites (tertiary alicyclic amines) is 1. The highest BCUT2D eigenvalue weighted by Gasteiger charge is 2.24. The first kappa shape index (κ1) is 24.9. The Morgan fingerprint density at radius 3 is 2.39 bits per heavy atom. The van der Waals surface area contributed by atoms with Crippen LogP contribution in [0, 0.1) is 0 Å². The van der Waals surface area contributed by atoms with E-state index in [0.29, 0.717) is 21.7 Å². The van der Waals surface area contributed by atoms with E-state index in [1.165, 1.54) is 5.56 Å². The maximum Gasteiger partial charge on any atom is 0.258 e. The van der Waals surface area contributed by atoms with Gasteiger partial charge < -0.3 is 14.6 Å². The summed E-state index contributed by atoms with van der Waals surface area (Å²) in [5, 5.41) is 12.3. The van der Waals surface area contributed by atoms with Crippen LogP contribution in [0.4, 0.5) is 0 Å². The second-order valence-corrected chi connectivity index (χ2v) is 10.6. The summed E-state index contributed by atoms with van der Waals surface area (Å²) in [7, 11) is 1.86. The summed E-state index contributed by atoms with van der Waals surface area (Å²) in [6.07, 6.45) is 3.06. The molecule has 1 atom stereocenters. The van der Waals surface area contributed by atoms with Crippen LogP contribution in [-0.2, 0) is 7.05 Å². The maximum atomic E-state index is 13.2. The summed E-state index contributed by atoms with van der Waals surface area (Å²) in [4.78, 5) is 15.7. The molecule has 6 heteroatoms. The zero-order chi connectivity index (χ0) is 25.2. The van der Waals surface area contributed by atoms with Crippen molar-refractivity contribution in [3.05, 3.63) is 110 Å². The number of aromatic nitrogens is 1. The quantitative estimate of drug-likeness (QED) is 0.299. The maximum absolute atomic E-state index is 13.2. The lowest BCUT2D eigenvalue weighted by molar-refractivity contribution is 0.207. The first-order valence-corrected chi connectivity index (χ1v) is 13.2. The van der Waals surface area contributed by atoms with Crippen LogP contribution in [0.3, 0.4) is 0 Å². The molecule has 3 aromatic carbocycles. The van der Waals surface area contributed by atoms with Gasteiger partial charge in [0.05, 0.1) is 10.0 Å². The molecular weight excluding hydrogens is 491 g/mol. The van der Waals surface area contributed by atoms with Gasteiger partial charge in [0.25, 0.3) is 5.56 Å². The first-order chi connectivity index (χ1) is 17.4. The number of aromatic hydroxyl groups is 1. The lowest BCUT2D eigenvalue weighted by Gasteiger charge is -2.33. The third kappa shape index (κ3) is 5.17. The summed E-state index contributed by atoms with van der Waals surface area (Å²) in [6.45, 7) is 2.97. The minimum atomic E-state index is 0.0110. The van der Waals surface area contributed by atoms with Gasteiger partial charge in [-0.05, 0) is 97.7 Å². The standard InChI is InChI=1S/C30H30Cl2N2O2/c1-33-29(19-22-4-2-3-5-26(22)30(33)36)25(23-8-11-27(31)28(32)18-23)14-17-34-15-12-21(13-16-34)20-6-9-24(35)10-7-20/h2-11,18-19,21,25,35H,12-17H2,1H3. The molecule has 1 saturated heterocycles. The lowest BCUT2D eigenvalue weighted by Crippen LogP contribution is -2.34. The minimum Gasteiger partial charge on any atom is -0.508 e. The van der Waals surface area contributed by atoms with Gasteiger partial charge in [-0.1, -0.05) is 59.6 Å². The molecule has 0 amide bonds. The number of phenolic OH excluding ortho intramolecular Hbond substituents is 1. The molecule has 1 aliphatic rings. The molecule has 0 aliphatic carbocycles. The van der Waals surface area contributed by atoms with E-state index in [1.54, 1.807) is 16.7 Å². The van der Waals surface area contributed by atoms with Crippen LogP contribution in [-0.4, -0.2) is 34.2 Å². The van der Waals surface area contributed by atoms with Gasteiger partial charge in [-0.3, -0.25) is 4.79 Å². The van der Waals surface area contributed by atoms with Crippen molar-refractivity contribution in [2.75, 3.05) is 19.6 Å². The highest BCUT2D eigenvalue weighted by atomic mass is 35.5. The highest BCUT2D eigenvalue weighted by Crippen LogP contribution is 2.34. The smallest absolute Gasteiger partial charge is 0.258 e. The Kier molecular flexibility index (Phi) is 7.38. The average Bonchev–Trinajstić information content (AvgIpc) is 2.90. The Balaban J connectivity index is 1.38. The number of hydrogen-bond donors (Lipinski definition) is 1. The molecule has 0 spiro atoms. The monoisotopic (exact) mass is 520 g/mol. The van der Waals surface area contributed by atoms with E-state index < -0.39 is 0 Å². The Labute approximate surface area is 221 Å². The van der Waals surface area contributed by atoms with Crippen LogP contribution in [0.25, 0.3) is 10.8 Å². The molecule has 1 aromatic heterocycles. The Morgan fingerprint density at radius 2 is 1.67 bits per heavy atom. The van der Waals surface area contributed by atoms with Crippen LogP contribution in [0.2, 0.25) is 10.0 Å². The SMILES string of the molecule is Cn1c(C(CCN2CCC(c3ccc(O)cc3)CC2)c2ccc(Cl)c(Cl)c2)cc2ccccc2c1=O. The molecule has 36 heavy (non-hydrogen) atoms. The average molecular weight is 521 g/mol. The van der Waals surface area contributed by atoms with E-state index in [4.69, 9.17) is 23.2 Å². The normalized spacial score (nSPS) is 15.9. The molecule has 186 valence electrons. The van der Waals surface area contributed by atoms with Crippen molar-refractivity contribution < 1.29 is 5.11 Å². The number of nitrogens with zero attached hydrogens (tertiary/aromatic N) is 2. The highest BCUT2D eigenvalue weighted by molar-refractivity contribution is 6.42. The van der Waals surface area contributed by atoms with Gasteiger partial charge in [0.1, 0.15) is 5.75 Å². The zero-order valence-electron chi connectivity index (χ0n) is 20.3. The van der Waals surface area contributed by atoms with E-state index in [9.17, 15) is 9.90 Å². The second-order valence-electron chi connectivity index (χ2n) is 9.74. The van der Waals surface area contributed by atoms with E-state index in [0.717, 1.165) is 60.9 Å². The van der Waals surface area contributed by atoms with E-state index in [1.807, 2.05) is 61.6 Å². The van der Waals surface area contributed by atoms with Crippen molar-refractivity contribution in [3.8, 4) is 5.75 Å².